The number of amides is 2. The minimum atomic E-state index is -0.263. The summed E-state index contributed by atoms with van der Waals surface area (Å²) in [7, 11) is 1.36. The van der Waals surface area contributed by atoms with Gasteiger partial charge in [-0.3, -0.25) is 4.79 Å². The number of methoxy groups -OCH3 is 1. The average Bonchev–Trinajstić information content (AvgIpc) is 2.58. The van der Waals surface area contributed by atoms with Gasteiger partial charge in [-0.15, -0.1) is 0 Å². The van der Waals surface area contributed by atoms with Crippen molar-refractivity contribution in [2.75, 3.05) is 31.6 Å². The smallest absolute Gasteiger partial charge is 0.315 e. The van der Waals surface area contributed by atoms with Crippen molar-refractivity contribution in [3.8, 4) is 0 Å². The van der Waals surface area contributed by atoms with E-state index in [2.05, 4.69) is 46.3 Å². The van der Waals surface area contributed by atoms with E-state index in [1.165, 1.54) is 12.8 Å². The zero-order valence-corrected chi connectivity index (χ0v) is 14.2. The third-order valence-electron chi connectivity index (χ3n) is 3.59. The van der Waals surface area contributed by atoms with Crippen molar-refractivity contribution >= 4 is 17.7 Å². The van der Waals surface area contributed by atoms with E-state index in [1.807, 2.05) is 12.1 Å². The molecular weight excluding hydrogens is 294 g/mol. The molecule has 0 heterocycles. The molecule has 23 heavy (non-hydrogen) atoms. The summed E-state index contributed by atoms with van der Waals surface area (Å²) >= 11 is 0. The van der Waals surface area contributed by atoms with Gasteiger partial charge in [-0.05, 0) is 38.0 Å². The van der Waals surface area contributed by atoms with Crippen LogP contribution in [0.5, 0.6) is 0 Å². The van der Waals surface area contributed by atoms with E-state index in [1.54, 1.807) is 0 Å². The maximum absolute atomic E-state index is 11.7. The van der Waals surface area contributed by atoms with Gasteiger partial charge in [0.2, 0.25) is 0 Å². The normalized spacial score (nSPS) is 10.0. The van der Waals surface area contributed by atoms with Crippen molar-refractivity contribution in [3.63, 3.8) is 0 Å². The first-order valence-corrected chi connectivity index (χ1v) is 8.03. The van der Waals surface area contributed by atoms with Crippen LogP contribution in [-0.2, 0) is 16.1 Å². The molecule has 128 valence electrons. The molecule has 1 aromatic rings. The molecule has 2 N–H and O–H groups in total. The first-order valence-electron chi connectivity index (χ1n) is 8.03. The van der Waals surface area contributed by atoms with Crippen LogP contribution in [0.3, 0.4) is 0 Å². The molecule has 0 unspecified atom stereocenters. The Morgan fingerprint density at radius 1 is 1.09 bits per heavy atom. The molecule has 2 amide bonds. The zero-order chi connectivity index (χ0) is 17.1. The number of urea groups is 1. The molecule has 0 saturated carbocycles. The number of carbonyl (C=O) groups excluding carboxylic acids is 2. The highest BCUT2D eigenvalue weighted by Crippen LogP contribution is 2.14. The van der Waals surface area contributed by atoms with Crippen LogP contribution in [0.4, 0.5) is 10.5 Å². The number of hydrogen-bond acceptors (Lipinski definition) is 4. The topological polar surface area (TPSA) is 70.7 Å². The second kappa shape index (κ2) is 10.5. The Morgan fingerprint density at radius 3 is 2.30 bits per heavy atom. The molecule has 0 radical (unpaired) electrons. The summed E-state index contributed by atoms with van der Waals surface area (Å²) in [6.07, 6.45) is 0.877. The van der Waals surface area contributed by atoms with Gasteiger partial charge in [0, 0.05) is 38.3 Å². The van der Waals surface area contributed by atoms with E-state index in [-0.39, 0.29) is 12.0 Å². The van der Waals surface area contributed by atoms with Crippen molar-refractivity contribution in [2.24, 2.45) is 0 Å². The molecule has 1 rings (SSSR count). The van der Waals surface area contributed by atoms with Crippen molar-refractivity contribution in [3.05, 3.63) is 29.8 Å². The van der Waals surface area contributed by atoms with Gasteiger partial charge in [-0.2, -0.15) is 0 Å². The van der Waals surface area contributed by atoms with Crippen LogP contribution in [0.25, 0.3) is 0 Å². The van der Waals surface area contributed by atoms with Crippen LogP contribution in [0.1, 0.15) is 32.3 Å². The summed E-state index contributed by atoms with van der Waals surface area (Å²) in [6.45, 7) is 7.13. The van der Waals surface area contributed by atoms with Crippen LogP contribution in [0.2, 0.25) is 0 Å². The lowest BCUT2D eigenvalue weighted by molar-refractivity contribution is -0.140. The van der Waals surface area contributed by atoms with E-state index < -0.39 is 0 Å². The van der Waals surface area contributed by atoms with Gasteiger partial charge in [0.15, 0.2) is 0 Å². The van der Waals surface area contributed by atoms with Crippen molar-refractivity contribution in [2.45, 2.75) is 33.2 Å². The summed E-state index contributed by atoms with van der Waals surface area (Å²) in [5.41, 5.74) is 2.23. The minimum absolute atomic E-state index is 0.234. The number of benzene rings is 1. The third kappa shape index (κ3) is 7.04. The Bertz CT molecular complexity index is 484. The summed E-state index contributed by atoms with van der Waals surface area (Å²) < 4.78 is 4.53. The van der Waals surface area contributed by atoms with Crippen molar-refractivity contribution in [1.29, 1.82) is 0 Å². The van der Waals surface area contributed by atoms with Crippen LogP contribution in [0, 0.1) is 0 Å². The lowest BCUT2D eigenvalue weighted by Gasteiger charge is -2.21. The number of rotatable bonds is 9. The second-order valence-electron chi connectivity index (χ2n) is 5.13. The molecule has 0 saturated heterocycles. The Kier molecular flexibility index (Phi) is 8.57. The molecule has 6 heteroatoms. The van der Waals surface area contributed by atoms with Crippen LogP contribution in [0.15, 0.2) is 24.3 Å². The molecule has 0 bridgehead atoms. The number of nitrogens with zero attached hydrogens (tertiary/aromatic N) is 1. The average molecular weight is 321 g/mol. The van der Waals surface area contributed by atoms with Crippen molar-refractivity contribution in [1.82, 2.24) is 10.6 Å². The summed E-state index contributed by atoms with van der Waals surface area (Å²) in [6, 6.07) is 7.94. The maximum atomic E-state index is 11.7. The van der Waals surface area contributed by atoms with Gasteiger partial charge in [-0.1, -0.05) is 12.1 Å². The molecular formula is C17H27N3O3. The monoisotopic (exact) mass is 321 g/mol. The fraction of sp³-hybridized carbons (Fsp3) is 0.529. The van der Waals surface area contributed by atoms with Crippen molar-refractivity contribution < 1.29 is 14.3 Å². The number of esters is 1. The highest BCUT2D eigenvalue weighted by atomic mass is 16.5. The second-order valence-corrected chi connectivity index (χ2v) is 5.13. The number of nitrogens with one attached hydrogen (secondary N) is 2. The molecule has 0 aliphatic carbocycles. The van der Waals surface area contributed by atoms with Gasteiger partial charge < -0.3 is 20.3 Å². The summed E-state index contributed by atoms with van der Waals surface area (Å²) in [5.74, 6) is -0.263. The predicted octanol–water partition coefficient (Wildman–Crippen LogP) is 2.29. The van der Waals surface area contributed by atoms with E-state index >= 15 is 0 Å². The fourth-order valence-corrected chi connectivity index (χ4v) is 2.19. The lowest BCUT2D eigenvalue weighted by atomic mass is 10.2. The molecule has 0 spiro atoms. The van der Waals surface area contributed by atoms with Crippen LogP contribution in [-0.4, -0.2) is 38.7 Å². The van der Waals surface area contributed by atoms with E-state index in [4.69, 9.17) is 0 Å². The Morgan fingerprint density at radius 2 is 1.74 bits per heavy atom. The molecule has 0 fully saturated rings. The number of ether oxygens (including phenoxy) is 1. The fourth-order valence-electron chi connectivity index (χ4n) is 2.19. The number of hydrogen-bond donors (Lipinski definition) is 2. The lowest BCUT2D eigenvalue weighted by Crippen LogP contribution is -2.35. The first-order chi connectivity index (χ1) is 11.1. The first kappa shape index (κ1) is 18.8. The molecule has 0 aliphatic rings. The number of carbonyl (C=O) groups is 2. The Labute approximate surface area is 138 Å². The zero-order valence-electron chi connectivity index (χ0n) is 14.2. The van der Waals surface area contributed by atoms with Gasteiger partial charge in [0.25, 0.3) is 0 Å². The SMILES string of the molecule is CCN(CC)c1ccc(CNC(=O)NCCCC(=O)OC)cc1. The number of anilines is 1. The van der Waals surface area contributed by atoms with Crippen LogP contribution >= 0.6 is 0 Å². The summed E-state index contributed by atoms with van der Waals surface area (Å²) in [4.78, 5) is 24.9. The van der Waals surface area contributed by atoms with Gasteiger partial charge in [-0.25, -0.2) is 4.79 Å². The molecule has 1 aromatic carbocycles. The highest BCUT2D eigenvalue weighted by molar-refractivity contribution is 5.74. The van der Waals surface area contributed by atoms with E-state index in [0.29, 0.717) is 25.9 Å². The van der Waals surface area contributed by atoms with E-state index in [9.17, 15) is 9.59 Å². The highest BCUT2D eigenvalue weighted by Gasteiger charge is 2.04. The standard InChI is InChI=1S/C17H27N3O3/c1-4-20(5-2)15-10-8-14(9-11-15)13-19-17(22)18-12-6-7-16(21)23-3/h8-11H,4-7,12-13H2,1-3H3,(H2,18,19,22). The summed E-state index contributed by atoms with van der Waals surface area (Å²) in [5, 5.41) is 5.51. The molecule has 0 aliphatic heterocycles. The maximum Gasteiger partial charge on any atom is 0.315 e. The van der Waals surface area contributed by atoms with E-state index in [0.717, 1.165) is 18.7 Å². The molecule has 0 aromatic heterocycles. The quantitative estimate of drug-likeness (QED) is 0.541. The van der Waals surface area contributed by atoms with Gasteiger partial charge >= 0.3 is 12.0 Å². The molecule has 0 atom stereocenters. The Hall–Kier alpha value is -2.24. The minimum Gasteiger partial charge on any atom is -0.469 e. The Balaban J connectivity index is 2.29. The van der Waals surface area contributed by atoms with Gasteiger partial charge in [0.05, 0.1) is 7.11 Å². The predicted molar refractivity (Wildman–Crippen MR) is 91.5 cm³/mol. The van der Waals surface area contributed by atoms with Gasteiger partial charge in [0.1, 0.15) is 0 Å². The van der Waals surface area contributed by atoms with Crippen LogP contribution < -0.4 is 15.5 Å². The molecule has 6 nitrogen and oxygen atoms in total. The largest absolute Gasteiger partial charge is 0.469 e. The third-order valence-corrected chi connectivity index (χ3v) is 3.59.